The Morgan fingerprint density at radius 1 is 1.53 bits per heavy atom. The average molecular weight is 219 g/mol. The smallest absolute Gasteiger partial charge is 0.416 e. The molecule has 0 aliphatic rings. The van der Waals surface area contributed by atoms with E-state index in [0.29, 0.717) is 0 Å². The minimum absolute atomic E-state index is 0.322. The lowest BCUT2D eigenvalue weighted by atomic mass is 9.98. The third-order valence-corrected chi connectivity index (χ3v) is 1.99. The molecule has 3 nitrogen and oxygen atoms in total. The van der Waals surface area contributed by atoms with Crippen LogP contribution in [-0.2, 0) is 11.0 Å². The summed E-state index contributed by atoms with van der Waals surface area (Å²) in [5.74, 6) is -2.54. The molecule has 0 aliphatic carbocycles. The molecule has 15 heavy (non-hydrogen) atoms. The van der Waals surface area contributed by atoms with Crippen molar-refractivity contribution in [1.82, 2.24) is 4.98 Å². The molecule has 1 rings (SSSR count). The molecule has 0 fully saturated rings. The molecule has 0 bridgehead atoms. The molecule has 0 aromatic carbocycles. The van der Waals surface area contributed by atoms with E-state index in [0.717, 1.165) is 18.5 Å². The number of rotatable bonds is 2. The maximum atomic E-state index is 12.5. The summed E-state index contributed by atoms with van der Waals surface area (Å²) in [6.45, 7) is 1.19. The van der Waals surface area contributed by atoms with Gasteiger partial charge in [0.15, 0.2) is 0 Å². The Morgan fingerprint density at radius 3 is 2.60 bits per heavy atom. The van der Waals surface area contributed by atoms with Crippen molar-refractivity contribution in [2.24, 2.45) is 0 Å². The molecule has 0 radical (unpaired) electrons. The van der Waals surface area contributed by atoms with E-state index >= 15 is 0 Å². The van der Waals surface area contributed by atoms with Gasteiger partial charge in [0.2, 0.25) is 0 Å². The van der Waals surface area contributed by atoms with Crippen LogP contribution in [0.3, 0.4) is 0 Å². The number of alkyl halides is 3. The molecule has 0 aliphatic heterocycles. The van der Waals surface area contributed by atoms with Gasteiger partial charge in [-0.1, -0.05) is 0 Å². The standard InChI is InChI=1S/C9H8F3NO2/c1-5(8(14)15)6-4-13-3-2-7(6)9(10,11)12/h2-5H,1H3,(H,14,15)/t5-/m0/s1. The van der Waals surface area contributed by atoms with E-state index in [-0.39, 0.29) is 5.56 Å². The first-order chi connectivity index (χ1) is 6.84. The van der Waals surface area contributed by atoms with Crippen molar-refractivity contribution in [3.8, 4) is 0 Å². The van der Waals surface area contributed by atoms with Gasteiger partial charge in [0.1, 0.15) is 0 Å². The predicted octanol–water partition coefficient (Wildman–Crippen LogP) is 2.29. The first kappa shape index (κ1) is 11.5. The maximum Gasteiger partial charge on any atom is 0.416 e. The van der Waals surface area contributed by atoms with Gasteiger partial charge in [0.25, 0.3) is 0 Å². The number of halogens is 3. The second-order valence-electron chi connectivity index (χ2n) is 3.02. The maximum absolute atomic E-state index is 12.5. The van der Waals surface area contributed by atoms with Gasteiger partial charge in [0, 0.05) is 12.4 Å². The van der Waals surface area contributed by atoms with Crippen LogP contribution in [0.25, 0.3) is 0 Å². The van der Waals surface area contributed by atoms with Gasteiger partial charge < -0.3 is 5.11 Å². The number of carboxylic acids is 1. The van der Waals surface area contributed by atoms with E-state index in [9.17, 15) is 18.0 Å². The number of hydrogen-bond acceptors (Lipinski definition) is 2. The SMILES string of the molecule is C[C@H](C(=O)O)c1cnccc1C(F)(F)F. The fraction of sp³-hybridized carbons (Fsp3) is 0.333. The second-order valence-corrected chi connectivity index (χ2v) is 3.02. The number of aromatic nitrogens is 1. The Morgan fingerprint density at radius 2 is 2.13 bits per heavy atom. The van der Waals surface area contributed by atoms with Crippen LogP contribution in [0, 0.1) is 0 Å². The van der Waals surface area contributed by atoms with Gasteiger partial charge in [0.05, 0.1) is 11.5 Å². The molecular formula is C9H8F3NO2. The van der Waals surface area contributed by atoms with Crippen LogP contribution in [-0.4, -0.2) is 16.1 Å². The first-order valence-electron chi connectivity index (χ1n) is 4.08. The molecule has 1 heterocycles. The lowest BCUT2D eigenvalue weighted by Crippen LogP contribution is -2.15. The number of pyridine rings is 1. The summed E-state index contributed by atoms with van der Waals surface area (Å²) in [5, 5.41) is 8.63. The van der Waals surface area contributed by atoms with Crippen molar-refractivity contribution >= 4 is 5.97 Å². The zero-order valence-electron chi connectivity index (χ0n) is 7.75. The second kappa shape index (κ2) is 3.88. The molecule has 0 saturated heterocycles. The molecule has 0 amide bonds. The highest BCUT2D eigenvalue weighted by Gasteiger charge is 2.35. The lowest BCUT2D eigenvalue weighted by Gasteiger charge is -2.14. The van der Waals surface area contributed by atoms with Crippen molar-refractivity contribution in [3.63, 3.8) is 0 Å². The van der Waals surface area contributed by atoms with Gasteiger partial charge in [-0.3, -0.25) is 9.78 Å². The highest BCUT2D eigenvalue weighted by atomic mass is 19.4. The van der Waals surface area contributed by atoms with Gasteiger partial charge >= 0.3 is 12.1 Å². The molecule has 1 N–H and O–H groups in total. The predicted molar refractivity (Wildman–Crippen MR) is 45.3 cm³/mol. The molecule has 1 atom stereocenters. The van der Waals surface area contributed by atoms with Crippen molar-refractivity contribution in [2.45, 2.75) is 19.0 Å². The number of nitrogens with zero attached hydrogens (tertiary/aromatic N) is 1. The van der Waals surface area contributed by atoms with Crippen molar-refractivity contribution in [3.05, 3.63) is 29.6 Å². The summed E-state index contributed by atoms with van der Waals surface area (Å²) in [6, 6.07) is 0.773. The fourth-order valence-electron chi connectivity index (χ4n) is 1.14. The lowest BCUT2D eigenvalue weighted by molar-refractivity contribution is -0.141. The van der Waals surface area contributed by atoms with Gasteiger partial charge in [-0.15, -0.1) is 0 Å². The van der Waals surface area contributed by atoms with Crippen molar-refractivity contribution in [1.29, 1.82) is 0 Å². The zero-order chi connectivity index (χ0) is 11.6. The van der Waals surface area contributed by atoms with Crippen molar-refractivity contribution < 1.29 is 23.1 Å². The highest BCUT2D eigenvalue weighted by molar-refractivity contribution is 5.76. The minimum Gasteiger partial charge on any atom is -0.481 e. The molecule has 0 unspecified atom stereocenters. The minimum atomic E-state index is -4.55. The van der Waals surface area contributed by atoms with Gasteiger partial charge in [-0.25, -0.2) is 0 Å². The number of aliphatic carboxylic acids is 1. The van der Waals surface area contributed by atoms with Crippen LogP contribution in [0.1, 0.15) is 24.0 Å². The number of carbonyl (C=O) groups is 1. The molecule has 0 saturated carbocycles. The van der Waals surface area contributed by atoms with E-state index in [4.69, 9.17) is 5.11 Å². The molecule has 1 aromatic heterocycles. The van der Waals surface area contributed by atoms with Crippen molar-refractivity contribution in [2.75, 3.05) is 0 Å². The summed E-state index contributed by atoms with van der Waals surface area (Å²) < 4.78 is 37.4. The van der Waals surface area contributed by atoms with E-state index in [1.54, 1.807) is 0 Å². The Hall–Kier alpha value is -1.59. The van der Waals surface area contributed by atoms with Crippen LogP contribution in [0.5, 0.6) is 0 Å². The van der Waals surface area contributed by atoms with Gasteiger partial charge in [-0.2, -0.15) is 13.2 Å². The average Bonchev–Trinajstić information content (AvgIpc) is 2.15. The Bertz CT molecular complexity index is 376. The molecule has 6 heteroatoms. The Kier molecular flexibility index (Phi) is 2.97. The summed E-state index contributed by atoms with van der Waals surface area (Å²) >= 11 is 0. The Balaban J connectivity index is 3.24. The van der Waals surface area contributed by atoms with Crippen LogP contribution in [0.4, 0.5) is 13.2 Å². The third-order valence-electron chi connectivity index (χ3n) is 1.99. The number of hydrogen-bond donors (Lipinski definition) is 1. The molecule has 82 valence electrons. The third kappa shape index (κ3) is 2.45. The van der Waals surface area contributed by atoms with Crippen LogP contribution in [0.2, 0.25) is 0 Å². The highest BCUT2D eigenvalue weighted by Crippen LogP contribution is 2.34. The quantitative estimate of drug-likeness (QED) is 0.830. The Labute approximate surface area is 83.6 Å². The monoisotopic (exact) mass is 219 g/mol. The van der Waals surface area contributed by atoms with E-state index in [1.807, 2.05) is 0 Å². The van der Waals surface area contributed by atoms with Crippen LogP contribution < -0.4 is 0 Å². The van der Waals surface area contributed by atoms with E-state index in [1.165, 1.54) is 6.92 Å². The topological polar surface area (TPSA) is 50.2 Å². The first-order valence-corrected chi connectivity index (χ1v) is 4.08. The van der Waals surface area contributed by atoms with Crippen LogP contribution in [0.15, 0.2) is 18.5 Å². The molecular weight excluding hydrogens is 211 g/mol. The summed E-state index contributed by atoms with van der Waals surface area (Å²) in [6.07, 6.45) is -2.63. The largest absolute Gasteiger partial charge is 0.481 e. The summed E-state index contributed by atoms with van der Waals surface area (Å²) in [4.78, 5) is 14.1. The molecule has 0 spiro atoms. The van der Waals surface area contributed by atoms with E-state index in [2.05, 4.69) is 4.98 Å². The fourth-order valence-corrected chi connectivity index (χ4v) is 1.14. The van der Waals surface area contributed by atoms with Gasteiger partial charge in [-0.05, 0) is 18.6 Å². The summed E-state index contributed by atoms with van der Waals surface area (Å²) in [5.41, 5.74) is -1.27. The van der Waals surface area contributed by atoms with E-state index < -0.39 is 23.6 Å². The zero-order valence-corrected chi connectivity index (χ0v) is 7.75. The number of carboxylic acid groups (broad SMARTS) is 1. The normalized spacial score (nSPS) is 13.6. The molecule has 1 aromatic rings. The summed E-state index contributed by atoms with van der Waals surface area (Å²) in [7, 11) is 0. The van der Waals surface area contributed by atoms with Crippen LogP contribution >= 0.6 is 0 Å².